The van der Waals surface area contributed by atoms with Gasteiger partial charge in [0, 0.05) is 5.02 Å². The Balaban J connectivity index is 1.51. The number of aromatic nitrogens is 2. The molecule has 0 N–H and O–H groups in total. The summed E-state index contributed by atoms with van der Waals surface area (Å²) in [6.45, 7) is 0.0917. The van der Waals surface area contributed by atoms with Crippen LogP contribution in [-0.4, -0.2) is 17.3 Å². The van der Waals surface area contributed by atoms with Crippen molar-refractivity contribution >= 4 is 23.2 Å². The van der Waals surface area contributed by atoms with Crippen LogP contribution in [0.5, 0.6) is 11.5 Å². The Hall–Kier alpha value is -3.03. The molecular formula is C20H13Cl2FN2O4. The molecule has 0 unspecified atom stereocenters. The first-order chi connectivity index (χ1) is 14.0. The van der Waals surface area contributed by atoms with Gasteiger partial charge in [-0.3, -0.25) is 0 Å². The minimum atomic E-state index is -0.439. The van der Waals surface area contributed by atoms with E-state index in [2.05, 4.69) is 10.1 Å². The van der Waals surface area contributed by atoms with E-state index in [0.717, 1.165) is 0 Å². The summed E-state index contributed by atoms with van der Waals surface area (Å²) in [5.41, 5.74) is 0.594. The average Bonchev–Trinajstić information content (AvgIpc) is 3.37. The second-order valence-corrected chi connectivity index (χ2v) is 6.74. The van der Waals surface area contributed by atoms with Gasteiger partial charge in [-0.05, 0) is 48.5 Å². The molecule has 6 nitrogen and oxygen atoms in total. The van der Waals surface area contributed by atoms with Crippen LogP contribution in [0, 0.1) is 5.82 Å². The summed E-state index contributed by atoms with van der Waals surface area (Å²) < 4.78 is 34.9. The summed E-state index contributed by atoms with van der Waals surface area (Å²) in [7, 11) is 1.54. The molecule has 2 heterocycles. The highest BCUT2D eigenvalue weighted by atomic mass is 35.5. The maximum Gasteiger partial charge on any atom is 0.293 e. The largest absolute Gasteiger partial charge is 0.496 e. The van der Waals surface area contributed by atoms with E-state index in [0.29, 0.717) is 39.4 Å². The maximum absolute atomic E-state index is 13.1. The summed E-state index contributed by atoms with van der Waals surface area (Å²) in [6.07, 6.45) is 0. The Kier molecular flexibility index (Phi) is 5.42. The van der Waals surface area contributed by atoms with Crippen LogP contribution in [0.15, 0.2) is 57.5 Å². The monoisotopic (exact) mass is 434 g/mol. The van der Waals surface area contributed by atoms with E-state index < -0.39 is 5.82 Å². The van der Waals surface area contributed by atoms with Crippen LogP contribution in [0.3, 0.4) is 0 Å². The zero-order valence-corrected chi connectivity index (χ0v) is 16.5. The van der Waals surface area contributed by atoms with Gasteiger partial charge in [-0.2, -0.15) is 4.98 Å². The predicted molar refractivity (Wildman–Crippen MR) is 105 cm³/mol. The number of hydrogen-bond acceptors (Lipinski definition) is 6. The third-order valence-electron chi connectivity index (χ3n) is 3.96. The quantitative estimate of drug-likeness (QED) is 0.368. The van der Waals surface area contributed by atoms with Crippen molar-refractivity contribution in [1.29, 1.82) is 0 Å². The molecule has 0 amide bonds. The minimum Gasteiger partial charge on any atom is -0.496 e. The summed E-state index contributed by atoms with van der Waals surface area (Å²) in [6, 6.07) is 12.4. The zero-order chi connectivity index (χ0) is 20.4. The molecule has 0 aliphatic carbocycles. The van der Waals surface area contributed by atoms with Gasteiger partial charge in [0.05, 0.1) is 17.7 Å². The Labute approximate surface area is 174 Å². The summed E-state index contributed by atoms with van der Waals surface area (Å²) in [5, 5.41) is 4.66. The Bertz CT molecular complexity index is 1160. The molecule has 2 aromatic carbocycles. The van der Waals surface area contributed by atoms with E-state index >= 15 is 0 Å². The van der Waals surface area contributed by atoms with Crippen molar-refractivity contribution in [3.05, 3.63) is 70.2 Å². The first-order valence-corrected chi connectivity index (χ1v) is 9.13. The highest BCUT2D eigenvalue weighted by Gasteiger charge is 2.17. The first-order valence-electron chi connectivity index (χ1n) is 8.38. The lowest BCUT2D eigenvalue weighted by molar-refractivity contribution is 0.270. The second kappa shape index (κ2) is 8.14. The van der Waals surface area contributed by atoms with Crippen molar-refractivity contribution < 1.29 is 22.8 Å². The van der Waals surface area contributed by atoms with Crippen LogP contribution in [-0.2, 0) is 6.61 Å². The van der Waals surface area contributed by atoms with Crippen molar-refractivity contribution in [1.82, 2.24) is 10.1 Å². The van der Waals surface area contributed by atoms with Crippen molar-refractivity contribution in [2.45, 2.75) is 6.61 Å². The van der Waals surface area contributed by atoms with Crippen LogP contribution in [0.4, 0.5) is 4.39 Å². The van der Waals surface area contributed by atoms with E-state index in [1.165, 1.54) is 18.2 Å². The van der Waals surface area contributed by atoms with Gasteiger partial charge in [0.25, 0.3) is 5.89 Å². The zero-order valence-electron chi connectivity index (χ0n) is 15.0. The molecule has 0 aliphatic rings. The fraction of sp³-hybridized carbons (Fsp3) is 0.100. The number of benzene rings is 2. The number of rotatable bonds is 6. The van der Waals surface area contributed by atoms with E-state index in [1.807, 2.05) is 0 Å². The van der Waals surface area contributed by atoms with Gasteiger partial charge in [-0.15, -0.1) is 0 Å². The van der Waals surface area contributed by atoms with Crippen LogP contribution in [0.2, 0.25) is 10.0 Å². The lowest BCUT2D eigenvalue weighted by Crippen LogP contribution is -1.94. The van der Waals surface area contributed by atoms with Gasteiger partial charge in [-0.25, -0.2) is 4.39 Å². The normalized spacial score (nSPS) is 10.9. The van der Waals surface area contributed by atoms with Crippen LogP contribution in [0.1, 0.15) is 5.76 Å². The molecular weight excluding hydrogens is 422 g/mol. The molecule has 0 atom stereocenters. The fourth-order valence-corrected chi connectivity index (χ4v) is 2.99. The minimum absolute atomic E-state index is 0.0917. The predicted octanol–water partition coefficient (Wildman–Crippen LogP) is 6.03. The highest BCUT2D eigenvalue weighted by molar-refractivity contribution is 6.32. The van der Waals surface area contributed by atoms with Crippen molar-refractivity contribution in [2.24, 2.45) is 0 Å². The molecule has 0 saturated heterocycles. The van der Waals surface area contributed by atoms with Gasteiger partial charge in [0.15, 0.2) is 5.76 Å². The Morgan fingerprint density at radius 1 is 1.03 bits per heavy atom. The van der Waals surface area contributed by atoms with Gasteiger partial charge in [0.1, 0.15) is 29.7 Å². The highest BCUT2D eigenvalue weighted by Crippen LogP contribution is 2.32. The molecule has 0 fully saturated rings. The molecule has 0 radical (unpaired) electrons. The van der Waals surface area contributed by atoms with Gasteiger partial charge >= 0.3 is 0 Å². The van der Waals surface area contributed by atoms with Crippen LogP contribution < -0.4 is 9.47 Å². The molecule has 29 heavy (non-hydrogen) atoms. The number of halogens is 3. The van der Waals surface area contributed by atoms with Crippen molar-refractivity contribution in [3.63, 3.8) is 0 Å². The van der Waals surface area contributed by atoms with Crippen LogP contribution in [0.25, 0.3) is 23.0 Å². The van der Waals surface area contributed by atoms with Crippen molar-refractivity contribution in [3.8, 4) is 34.5 Å². The summed E-state index contributed by atoms with van der Waals surface area (Å²) in [4.78, 5) is 4.34. The van der Waals surface area contributed by atoms with E-state index in [4.69, 9.17) is 41.6 Å². The molecule has 4 rings (SSSR count). The molecule has 2 aromatic heterocycles. The molecule has 9 heteroatoms. The SMILES string of the molecule is COc1ccc(Cl)cc1-c1noc(-c2ccc(COc3ccc(F)cc3Cl)o2)n1. The van der Waals surface area contributed by atoms with E-state index in [9.17, 15) is 4.39 Å². The first kappa shape index (κ1) is 19.3. The Morgan fingerprint density at radius 3 is 2.66 bits per heavy atom. The molecule has 0 aliphatic heterocycles. The van der Waals surface area contributed by atoms with E-state index in [-0.39, 0.29) is 17.5 Å². The van der Waals surface area contributed by atoms with E-state index in [1.54, 1.807) is 37.4 Å². The number of hydrogen-bond donors (Lipinski definition) is 0. The number of furan rings is 1. The molecule has 0 saturated carbocycles. The van der Waals surface area contributed by atoms with Gasteiger partial charge in [0.2, 0.25) is 5.82 Å². The van der Waals surface area contributed by atoms with Crippen LogP contribution >= 0.6 is 23.2 Å². The third kappa shape index (κ3) is 4.21. The number of methoxy groups -OCH3 is 1. The molecule has 4 aromatic rings. The summed E-state index contributed by atoms with van der Waals surface area (Å²) >= 11 is 12.0. The lowest BCUT2D eigenvalue weighted by Gasteiger charge is -2.05. The standard InChI is InChI=1S/C20H13Cl2FN2O4/c1-26-16-5-2-11(21)8-14(16)19-24-20(29-25-19)18-7-4-13(28-18)10-27-17-6-3-12(23)9-15(17)22/h2-9H,10H2,1H3. The van der Waals surface area contributed by atoms with Crippen molar-refractivity contribution in [2.75, 3.05) is 7.11 Å². The average molecular weight is 435 g/mol. The molecule has 148 valence electrons. The fourth-order valence-electron chi connectivity index (χ4n) is 2.60. The third-order valence-corrected chi connectivity index (χ3v) is 4.50. The maximum atomic E-state index is 13.1. The summed E-state index contributed by atoms with van der Waals surface area (Å²) in [5.74, 6) is 1.84. The molecule has 0 bridgehead atoms. The van der Waals surface area contributed by atoms with Gasteiger partial charge < -0.3 is 18.4 Å². The second-order valence-electron chi connectivity index (χ2n) is 5.90. The smallest absolute Gasteiger partial charge is 0.293 e. The Morgan fingerprint density at radius 2 is 1.86 bits per heavy atom. The number of ether oxygens (including phenoxy) is 2. The molecule has 0 spiro atoms. The van der Waals surface area contributed by atoms with Gasteiger partial charge in [-0.1, -0.05) is 28.4 Å². The topological polar surface area (TPSA) is 70.5 Å². The number of nitrogens with zero attached hydrogens (tertiary/aromatic N) is 2. The lowest BCUT2D eigenvalue weighted by atomic mass is 10.2.